The van der Waals surface area contributed by atoms with Crippen molar-refractivity contribution in [3.05, 3.63) is 0 Å². The second kappa shape index (κ2) is 22.5. The van der Waals surface area contributed by atoms with Gasteiger partial charge in [-0.15, -0.1) is 0 Å². The van der Waals surface area contributed by atoms with Gasteiger partial charge >= 0.3 is 46.0 Å². The van der Waals surface area contributed by atoms with Crippen LogP contribution in [0.15, 0.2) is 0 Å². The van der Waals surface area contributed by atoms with Gasteiger partial charge in [-0.3, -0.25) is 8.42 Å². The summed E-state index contributed by atoms with van der Waals surface area (Å²) in [6.07, 6.45) is 0. The summed E-state index contributed by atoms with van der Waals surface area (Å²) >= 11 is 0. The Morgan fingerprint density at radius 3 is 0.818 bits per heavy atom. The average molecular weight is 250 g/mol. The molecule has 8 nitrogen and oxygen atoms in total. The second-order valence-corrected chi connectivity index (χ2v) is 1.22. The molecule has 72 valence electrons. The second-order valence-electron chi connectivity index (χ2n) is 0.408. The van der Waals surface area contributed by atoms with Crippen molar-refractivity contribution >= 4 is 10.4 Å². The van der Waals surface area contributed by atoms with Crippen LogP contribution in [0.5, 0.6) is 0 Å². The van der Waals surface area contributed by atoms with Crippen LogP contribution in [-0.2, 0) is 26.9 Å². The zero-order valence-electron chi connectivity index (χ0n) is 5.36. The van der Waals surface area contributed by atoms with Gasteiger partial charge in [-0.05, 0) is 0 Å². The van der Waals surface area contributed by atoms with Gasteiger partial charge < -0.3 is 31.0 Å². The largest absolute Gasteiger partial charge is 2.00 e. The quantitative estimate of drug-likeness (QED) is 0.233. The molecule has 0 unspecified atom stereocenters. The summed E-state index contributed by atoms with van der Waals surface area (Å²) in [6.45, 7) is 0. The van der Waals surface area contributed by atoms with E-state index in [0.29, 0.717) is 0 Å². The Bertz CT molecular complexity index is 97.3. The topological polar surface area (TPSA) is 206 Å². The molecule has 0 saturated heterocycles. The average Bonchev–Trinajstić information content (AvgIpc) is 0.722. The normalized spacial score (nSPS) is 5.27. The van der Waals surface area contributed by atoms with Crippen molar-refractivity contribution in [1.82, 2.24) is 0 Å². The van der Waals surface area contributed by atoms with E-state index in [2.05, 4.69) is 0 Å². The Morgan fingerprint density at radius 2 is 0.818 bits per heavy atom. The van der Waals surface area contributed by atoms with Gasteiger partial charge in [0.25, 0.3) is 0 Å². The van der Waals surface area contributed by atoms with Crippen molar-refractivity contribution in [2.45, 2.75) is 0 Å². The van der Waals surface area contributed by atoms with E-state index in [1.165, 1.54) is 0 Å². The summed E-state index contributed by atoms with van der Waals surface area (Å²) in [5.74, 6) is 0. The molecule has 0 aromatic heterocycles. The van der Waals surface area contributed by atoms with Crippen LogP contribution in [-0.4, -0.2) is 39.4 Å². The first-order valence-corrected chi connectivity index (χ1v) is 2.00. The van der Waals surface area contributed by atoms with Crippen LogP contribution in [0.1, 0.15) is 0 Å². The fourth-order valence-corrected chi connectivity index (χ4v) is 0. The van der Waals surface area contributed by atoms with E-state index in [0.717, 1.165) is 0 Å². The molecular formula is H8NaNiO8S+. The van der Waals surface area contributed by atoms with Gasteiger partial charge in [0.15, 0.2) is 0 Å². The summed E-state index contributed by atoms with van der Waals surface area (Å²) in [7, 11) is -5.17. The Morgan fingerprint density at radius 1 is 0.818 bits per heavy atom. The maximum atomic E-state index is 8.52. The van der Waals surface area contributed by atoms with Crippen LogP contribution in [0, 0.1) is 0 Å². The third-order valence-corrected chi connectivity index (χ3v) is 0. The number of hydrogen-bond donors (Lipinski definition) is 0. The van der Waals surface area contributed by atoms with Crippen molar-refractivity contribution in [3.8, 4) is 0 Å². The molecule has 0 saturated carbocycles. The Hall–Kier alpha value is 1.20. The van der Waals surface area contributed by atoms with Crippen LogP contribution in [0.4, 0.5) is 0 Å². The van der Waals surface area contributed by atoms with Crippen molar-refractivity contribution in [2.24, 2.45) is 0 Å². The summed E-state index contributed by atoms with van der Waals surface area (Å²) in [4.78, 5) is 0. The van der Waals surface area contributed by atoms with Crippen molar-refractivity contribution < 1.29 is 85.5 Å². The molecule has 11 heteroatoms. The molecule has 0 amide bonds. The van der Waals surface area contributed by atoms with Gasteiger partial charge in [-0.1, -0.05) is 0 Å². The molecule has 0 aliphatic rings. The van der Waals surface area contributed by atoms with Crippen LogP contribution in [0.3, 0.4) is 0 Å². The maximum absolute atomic E-state index is 8.52. The first-order valence-electron chi connectivity index (χ1n) is 0.667. The van der Waals surface area contributed by atoms with E-state index in [1.54, 1.807) is 0 Å². The molecule has 0 aliphatic heterocycles. The van der Waals surface area contributed by atoms with Crippen molar-refractivity contribution in [2.75, 3.05) is 0 Å². The number of rotatable bonds is 0. The van der Waals surface area contributed by atoms with Gasteiger partial charge in [0.05, 0.1) is 0 Å². The zero-order chi connectivity index (χ0) is 4.50. The van der Waals surface area contributed by atoms with Gasteiger partial charge in [0, 0.05) is 10.4 Å². The van der Waals surface area contributed by atoms with Gasteiger partial charge in [0.2, 0.25) is 0 Å². The van der Waals surface area contributed by atoms with E-state index in [9.17, 15) is 0 Å². The fraction of sp³-hybridized carbons (Fsp3) is 0. The predicted octanol–water partition coefficient (Wildman–Crippen LogP) is -7.64. The smallest absolute Gasteiger partial charge is 0.759 e. The molecule has 0 spiro atoms. The molecule has 0 heterocycles. The molecule has 0 rings (SSSR count). The van der Waals surface area contributed by atoms with E-state index < -0.39 is 10.4 Å². The van der Waals surface area contributed by atoms with Gasteiger partial charge in [-0.2, -0.15) is 0 Å². The summed E-state index contributed by atoms with van der Waals surface area (Å²) in [5, 5.41) is 0. The van der Waals surface area contributed by atoms with Crippen LogP contribution in [0.2, 0.25) is 0 Å². The summed E-state index contributed by atoms with van der Waals surface area (Å²) < 4.78 is 34.1. The third kappa shape index (κ3) is 655. The van der Waals surface area contributed by atoms with E-state index in [1.807, 2.05) is 0 Å². The first kappa shape index (κ1) is 56.6. The third-order valence-electron chi connectivity index (χ3n) is 0. The van der Waals surface area contributed by atoms with E-state index in [-0.39, 0.29) is 68.0 Å². The van der Waals surface area contributed by atoms with Gasteiger partial charge in [-0.25, -0.2) is 0 Å². The van der Waals surface area contributed by atoms with Crippen LogP contribution >= 0.6 is 0 Å². The predicted molar refractivity (Wildman–Crippen MR) is 24.9 cm³/mol. The molecule has 0 radical (unpaired) electrons. The molecule has 8 N–H and O–H groups in total. The summed E-state index contributed by atoms with van der Waals surface area (Å²) in [5.41, 5.74) is 0. The molecule has 0 atom stereocenters. The SMILES string of the molecule is O.O.O.O.O=S(=O)([O-])[O-].[Na+].[Ni+2]. The zero-order valence-corrected chi connectivity index (χ0v) is 9.16. The molecular weight excluding hydrogens is 242 g/mol. The minimum Gasteiger partial charge on any atom is -0.759 e. The summed E-state index contributed by atoms with van der Waals surface area (Å²) in [6, 6.07) is 0. The first-order chi connectivity index (χ1) is 2.00. The standard InChI is InChI=1S/Na.Ni.H2O4S.4H2O/c;;1-5(2,3)4;;;;/h;;(H2,1,2,3,4);4*1H2/q+1;+2;;;;;/p-2. The molecule has 0 aromatic carbocycles. The Balaban J connectivity index is -0.00000000533. The Kier molecular flexibility index (Phi) is 116. The van der Waals surface area contributed by atoms with Crippen molar-refractivity contribution in [1.29, 1.82) is 0 Å². The van der Waals surface area contributed by atoms with Crippen molar-refractivity contribution in [3.63, 3.8) is 0 Å². The molecule has 11 heavy (non-hydrogen) atoms. The Labute approximate surface area is 95.4 Å². The van der Waals surface area contributed by atoms with Crippen LogP contribution < -0.4 is 29.6 Å². The molecule has 0 aliphatic carbocycles. The van der Waals surface area contributed by atoms with Crippen LogP contribution in [0.25, 0.3) is 0 Å². The van der Waals surface area contributed by atoms with Gasteiger partial charge in [0.1, 0.15) is 0 Å². The monoisotopic (exact) mass is 249 g/mol. The number of hydrogen-bond acceptors (Lipinski definition) is 4. The minimum absolute atomic E-state index is 0. The molecule has 0 bridgehead atoms. The maximum Gasteiger partial charge on any atom is 2.00 e. The molecule has 0 aromatic rings. The van der Waals surface area contributed by atoms with E-state index >= 15 is 0 Å². The van der Waals surface area contributed by atoms with E-state index in [4.69, 9.17) is 17.5 Å². The molecule has 0 fully saturated rings. The minimum atomic E-state index is -5.17. The fourth-order valence-electron chi connectivity index (χ4n) is 0.